The maximum atomic E-state index is 13.5. The van der Waals surface area contributed by atoms with Crippen molar-refractivity contribution in [3.8, 4) is 11.1 Å². The molecule has 0 bridgehead atoms. The van der Waals surface area contributed by atoms with Crippen LogP contribution in [0.2, 0.25) is 0 Å². The minimum Gasteiger partial charge on any atom is -0.298 e. The predicted octanol–water partition coefficient (Wildman–Crippen LogP) is 4.51. The van der Waals surface area contributed by atoms with Crippen molar-refractivity contribution in [2.45, 2.75) is 13.0 Å². The second kappa shape index (κ2) is 6.61. The van der Waals surface area contributed by atoms with E-state index in [1.165, 1.54) is 29.0 Å². The number of hydrogen-bond donors (Lipinski definition) is 0. The average Bonchev–Trinajstić information content (AvgIpc) is 3.07. The van der Waals surface area contributed by atoms with Gasteiger partial charge in [0.05, 0.1) is 11.8 Å². The third-order valence-electron chi connectivity index (χ3n) is 4.17. The Balaban J connectivity index is 1.69. The van der Waals surface area contributed by atoms with Crippen LogP contribution in [-0.4, -0.2) is 9.55 Å². The molecule has 0 spiro atoms. The van der Waals surface area contributed by atoms with Crippen LogP contribution in [0.5, 0.6) is 0 Å². The van der Waals surface area contributed by atoms with E-state index >= 15 is 0 Å². The maximum Gasteiger partial charge on any atom is 0.271 e. The number of hydrogen-bond acceptors (Lipinski definition) is 3. The Morgan fingerprint density at radius 1 is 1.08 bits per heavy atom. The van der Waals surface area contributed by atoms with Gasteiger partial charge in [-0.3, -0.25) is 9.36 Å². The summed E-state index contributed by atoms with van der Waals surface area (Å²) in [6, 6.07) is 16.4. The van der Waals surface area contributed by atoms with Gasteiger partial charge in [0.2, 0.25) is 0 Å². The van der Waals surface area contributed by atoms with Gasteiger partial charge in [0, 0.05) is 17.5 Å². The lowest BCUT2D eigenvalue weighted by atomic mass is 10.1. The van der Waals surface area contributed by atoms with E-state index in [1.54, 1.807) is 17.0 Å². The van der Waals surface area contributed by atoms with Crippen molar-refractivity contribution in [2.24, 2.45) is 0 Å². The largest absolute Gasteiger partial charge is 0.298 e. The van der Waals surface area contributed by atoms with E-state index in [-0.39, 0.29) is 11.4 Å². The van der Waals surface area contributed by atoms with E-state index in [0.29, 0.717) is 16.8 Å². The fourth-order valence-electron chi connectivity index (χ4n) is 2.86. The first-order valence-corrected chi connectivity index (χ1v) is 8.87. The summed E-state index contributed by atoms with van der Waals surface area (Å²) in [4.78, 5) is 17.2. The summed E-state index contributed by atoms with van der Waals surface area (Å²) in [6.07, 6.45) is 2.36. The molecule has 0 amide bonds. The molecule has 2 aromatic carbocycles. The smallest absolute Gasteiger partial charge is 0.271 e. The highest BCUT2D eigenvalue weighted by molar-refractivity contribution is 7.17. The van der Waals surface area contributed by atoms with Gasteiger partial charge >= 0.3 is 0 Å². The molecule has 0 atom stereocenters. The molecule has 5 heteroatoms. The van der Waals surface area contributed by atoms with Crippen LogP contribution in [0.25, 0.3) is 21.3 Å². The first kappa shape index (κ1) is 15.7. The zero-order valence-corrected chi connectivity index (χ0v) is 14.2. The molecule has 0 aliphatic carbocycles. The van der Waals surface area contributed by atoms with E-state index < -0.39 is 0 Å². The number of thiophene rings is 1. The Morgan fingerprint density at radius 2 is 1.92 bits per heavy atom. The van der Waals surface area contributed by atoms with Crippen molar-refractivity contribution in [1.29, 1.82) is 0 Å². The molecule has 124 valence electrons. The molecule has 0 aliphatic heterocycles. The fraction of sp³-hybridized carbons (Fsp3) is 0.100. The number of aromatic nitrogens is 2. The summed E-state index contributed by atoms with van der Waals surface area (Å²) in [5.41, 5.74) is 3.30. The highest BCUT2D eigenvalue weighted by atomic mass is 32.1. The molecule has 25 heavy (non-hydrogen) atoms. The molecule has 0 fully saturated rings. The minimum atomic E-state index is -0.298. The van der Waals surface area contributed by atoms with Crippen molar-refractivity contribution in [3.05, 3.63) is 88.0 Å². The number of aryl methyl sites for hydroxylation is 2. The molecule has 0 saturated heterocycles. The Kier molecular flexibility index (Phi) is 4.15. The van der Waals surface area contributed by atoms with Crippen molar-refractivity contribution in [2.75, 3.05) is 0 Å². The first-order valence-electron chi connectivity index (χ1n) is 7.99. The molecule has 2 aromatic heterocycles. The third-order valence-corrected chi connectivity index (χ3v) is 5.12. The summed E-state index contributed by atoms with van der Waals surface area (Å²) in [5, 5.41) is 1.87. The number of fused-ring (bicyclic) bond motifs is 1. The van der Waals surface area contributed by atoms with E-state index in [0.717, 1.165) is 17.5 Å². The van der Waals surface area contributed by atoms with Gasteiger partial charge in [-0.2, -0.15) is 0 Å². The molecule has 3 nitrogen and oxygen atoms in total. The fourth-order valence-corrected chi connectivity index (χ4v) is 3.83. The summed E-state index contributed by atoms with van der Waals surface area (Å²) >= 11 is 1.36. The van der Waals surface area contributed by atoms with Crippen LogP contribution in [0.1, 0.15) is 5.56 Å². The molecule has 0 N–H and O–H groups in total. The molecular formula is C20H15FN2OS. The van der Waals surface area contributed by atoms with Crippen LogP contribution in [0.4, 0.5) is 4.39 Å². The van der Waals surface area contributed by atoms with Gasteiger partial charge in [0.25, 0.3) is 5.56 Å². The van der Waals surface area contributed by atoms with Gasteiger partial charge in [-0.1, -0.05) is 42.5 Å². The number of benzene rings is 2. The second-order valence-electron chi connectivity index (χ2n) is 5.82. The lowest BCUT2D eigenvalue weighted by Crippen LogP contribution is -2.20. The highest BCUT2D eigenvalue weighted by Crippen LogP contribution is 2.30. The zero-order chi connectivity index (χ0) is 17.2. The van der Waals surface area contributed by atoms with Crippen molar-refractivity contribution in [1.82, 2.24) is 9.55 Å². The lowest BCUT2D eigenvalue weighted by molar-refractivity contribution is 0.628. The topological polar surface area (TPSA) is 34.9 Å². The van der Waals surface area contributed by atoms with Crippen LogP contribution >= 0.6 is 11.3 Å². The molecule has 0 radical (unpaired) electrons. The summed E-state index contributed by atoms with van der Waals surface area (Å²) in [5.74, 6) is -0.298. The molecule has 0 unspecified atom stereocenters. The third kappa shape index (κ3) is 3.10. The van der Waals surface area contributed by atoms with Gasteiger partial charge in [0.15, 0.2) is 0 Å². The molecular weight excluding hydrogens is 335 g/mol. The van der Waals surface area contributed by atoms with Gasteiger partial charge in [-0.05, 0) is 29.7 Å². The molecule has 4 aromatic rings. The Morgan fingerprint density at radius 3 is 2.72 bits per heavy atom. The second-order valence-corrected chi connectivity index (χ2v) is 6.70. The maximum absolute atomic E-state index is 13.5. The molecule has 2 heterocycles. The molecule has 0 aliphatic rings. The van der Waals surface area contributed by atoms with Crippen molar-refractivity contribution in [3.63, 3.8) is 0 Å². The Labute approximate surface area is 148 Å². The summed E-state index contributed by atoms with van der Waals surface area (Å²) in [6.45, 7) is 0.582. The van der Waals surface area contributed by atoms with Crippen LogP contribution in [0.3, 0.4) is 0 Å². The van der Waals surface area contributed by atoms with Gasteiger partial charge in [-0.25, -0.2) is 9.37 Å². The van der Waals surface area contributed by atoms with Crippen LogP contribution in [0.15, 0.2) is 71.1 Å². The van der Waals surface area contributed by atoms with Crippen LogP contribution in [0, 0.1) is 5.82 Å². The molecule has 0 saturated carbocycles. The molecule has 4 rings (SSSR count). The lowest BCUT2D eigenvalue weighted by Gasteiger charge is -2.06. The highest BCUT2D eigenvalue weighted by Gasteiger charge is 2.13. The standard InChI is InChI=1S/C20H15FN2OS/c21-16-8-4-7-15(11-16)17-12-25-19-18(17)22-13-23(20(19)24)10-9-14-5-2-1-3-6-14/h1-8,11-13H,9-10H2. The van der Waals surface area contributed by atoms with E-state index in [9.17, 15) is 9.18 Å². The van der Waals surface area contributed by atoms with Crippen LogP contribution in [-0.2, 0) is 13.0 Å². The predicted molar refractivity (Wildman–Crippen MR) is 99.4 cm³/mol. The Hall–Kier alpha value is -2.79. The number of rotatable bonds is 4. The monoisotopic (exact) mass is 350 g/mol. The minimum absolute atomic E-state index is 0.0476. The van der Waals surface area contributed by atoms with Gasteiger partial charge in [0.1, 0.15) is 10.5 Å². The normalized spacial score (nSPS) is 11.1. The summed E-state index contributed by atoms with van der Waals surface area (Å²) < 4.78 is 15.7. The summed E-state index contributed by atoms with van der Waals surface area (Å²) in [7, 11) is 0. The van der Waals surface area contributed by atoms with E-state index in [4.69, 9.17) is 0 Å². The zero-order valence-electron chi connectivity index (χ0n) is 13.4. The van der Waals surface area contributed by atoms with E-state index in [1.807, 2.05) is 41.8 Å². The van der Waals surface area contributed by atoms with Gasteiger partial charge in [-0.15, -0.1) is 11.3 Å². The SMILES string of the molecule is O=c1c2scc(-c3cccc(F)c3)c2ncn1CCc1ccccc1. The van der Waals surface area contributed by atoms with E-state index in [2.05, 4.69) is 4.98 Å². The number of nitrogens with zero attached hydrogens (tertiary/aromatic N) is 2. The average molecular weight is 350 g/mol. The first-order chi connectivity index (χ1) is 12.2. The van der Waals surface area contributed by atoms with Crippen molar-refractivity contribution >= 4 is 21.6 Å². The van der Waals surface area contributed by atoms with Crippen LogP contribution < -0.4 is 5.56 Å². The number of halogens is 1. The van der Waals surface area contributed by atoms with Crippen molar-refractivity contribution < 1.29 is 4.39 Å². The van der Waals surface area contributed by atoms with Gasteiger partial charge < -0.3 is 0 Å². The Bertz CT molecular complexity index is 1090. The quantitative estimate of drug-likeness (QED) is 0.543.